The first-order valence-electron chi connectivity index (χ1n) is 6.99. The summed E-state index contributed by atoms with van der Waals surface area (Å²) >= 11 is 6.07. The van der Waals surface area contributed by atoms with Crippen molar-refractivity contribution >= 4 is 23.7 Å². The molecule has 0 aliphatic carbocycles. The van der Waals surface area contributed by atoms with Gasteiger partial charge in [-0.15, -0.1) is 0 Å². The van der Waals surface area contributed by atoms with Gasteiger partial charge < -0.3 is 15.2 Å². The summed E-state index contributed by atoms with van der Waals surface area (Å²) < 4.78 is 5.12. The van der Waals surface area contributed by atoms with Crippen molar-refractivity contribution < 1.29 is 19.4 Å². The molecule has 0 saturated heterocycles. The molecule has 23 heavy (non-hydrogen) atoms. The predicted molar refractivity (Wildman–Crippen MR) is 86.2 cm³/mol. The van der Waals surface area contributed by atoms with Crippen molar-refractivity contribution in [3.63, 3.8) is 0 Å². The van der Waals surface area contributed by atoms with Crippen molar-refractivity contribution in [1.82, 2.24) is 5.32 Å². The van der Waals surface area contributed by atoms with Crippen LogP contribution in [-0.4, -0.2) is 17.2 Å². The van der Waals surface area contributed by atoms with E-state index in [9.17, 15) is 9.59 Å². The fourth-order valence-electron chi connectivity index (χ4n) is 2.08. The molecule has 120 valence electrons. The number of nitrogens with one attached hydrogen (secondary N) is 1. The molecule has 2 rings (SSSR count). The number of rotatable bonds is 6. The third-order valence-electron chi connectivity index (χ3n) is 3.16. The van der Waals surface area contributed by atoms with Gasteiger partial charge in [0.05, 0.1) is 12.5 Å². The first kappa shape index (κ1) is 16.8. The number of alkyl carbamates (subject to hydrolysis) is 1. The molecule has 0 bridgehead atoms. The average Bonchev–Trinajstić information content (AvgIpc) is 2.53. The summed E-state index contributed by atoms with van der Waals surface area (Å²) in [5.41, 5.74) is 1.38. The fraction of sp³-hybridized carbons (Fsp3) is 0.176. The molecule has 2 N–H and O–H groups in total. The molecule has 0 radical (unpaired) electrons. The van der Waals surface area contributed by atoms with Crippen molar-refractivity contribution in [2.75, 3.05) is 0 Å². The molecule has 2 aromatic rings. The zero-order valence-corrected chi connectivity index (χ0v) is 13.0. The number of halogens is 1. The minimum atomic E-state index is -1.04. The molecule has 6 heteroatoms. The van der Waals surface area contributed by atoms with Crippen LogP contribution in [0.4, 0.5) is 4.79 Å². The van der Waals surface area contributed by atoms with Gasteiger partial charge in [-0.3, -0.25) is 4.79 Å². The van der Waals surface area contributed by atoms with Crippen molar-refractivity contribution in [2.45, 2.75) is 19.1 Å². The van der Waals surface area contributed by atoms with Crippen LogP contribution in [0.1, 0.15) is 23.6 Å². The SMILES string of the molecule is O=C(O)C[C@H](NC(=O)OCc1ccccc1)c1ccccc1Cl. The van der Waals surface area contributed by atoms with Gasteiger partial charge in [-0.05, 0) is 17.2 Å². The Balaban J connectivity index is 2.01. The third-order valence-corrected chi connectivity index (χ3v) is 3.51. The zero-order valence-electron chi connectivity index (χ0n) is 12.2. The number of ether oxygens (including phenoxy) is 1. The van der Waals surface area contributed by atoms with E-state index in [1.807, 2.05) is 30.3 Å². The molecule has 0 fully saturated rings. The molecule has 0 aliphatic heterocycles. The third kappa shape index (κ3) is 5.30. The van der Waals surface area contributed by atoms with Crippen LogP contribution < -0.4 is 5.32 Å². The van der Waals surface area contributed by atoms with Gasteiger partial charge >= 0.3 is 12.1 Å². The monoisotopic (exact) mass is 333 g/mol. The number of amides is 1. The van der Waals surface area contributed by atoms with Crippen LogP contribution >= 0.6 is 11.6 Å². The molecule has 0 unspecified atom stereocenters. The second-order valence-corrected chi connectivity index (χ2v) is 5.29. The van der Waals surface area contributed by atoms with E-state index >= 15 is 0 Å². The number of carbonyl (C=O) groups excluding carboxylic acids is 1. The summed E-state index contributed by atoms with van der Waals surface area (Å²) in [5, 5.41) is 12.0. The minimum Gasteiger partial charge on any atom is -0.481 e. The fourth-order valence-corrected chi connectivity index (χ4v) is 2.35. The summed E-state index contributed by atoms with van der Waals surface area (Å²) in [5.74, 6) is -1.04. The van der Waals surface area contributed by atoms with Gasteiger partial charge in [0, 0.05) is 5.02 Å². The molecule has 1 amide bonds. The second-order valence-electron chi connectivity index (χ2n) is 4.88. The summed E-state index contributed by atoms with van der Waals surface area (Å²) in [4.78, 5) is 22.9. The second kappa shape index (κ2) is 8.19. The molecular formula is C17H16ClNO4. The van der Waals surface area contributed by atoms with E-state index in [-0.39, 0.29) is 13.0 Å². The molecule has 0 heterocycles. The van der Waals surface area contributed by atoms with Crippen LogP contribution in [0, 0.1) is 0 Å². The van der Waals surface area contributed by atoms with Crippen molar-refractivity contribution in [3.05, 3.63) is 70.7 Å². The highest BCUT2D eigenvalue weighted by atomic mass is 35.5. The molecule has 0 spiro atoms. The highest BCUT2D eigenvalue weighted by molar-refractivity contribution is 6.31. The maximum Gasteiger partial charge on any atom is 0.407 e. The Labute approximate surface area is 138 Å². The van der Waals surface area contributed by atoms with Crippen LogP contribution in [0.5, 0.6) is 0 Å². The Morgan fingerprint density at radius 2 is 1.74 bits per heavy atom. The van der Waals surface area contributed by atoms with Crippen molar-refractivity contribution in [3.8, 4) is 0 Å². The maximum atomic E-state index is 11.9. The van der Waals surface area contributed by atoms with Crippen LogP contribution in [0.15, 0.2) is 54.6 Å². The molecule has 5 nitrogen and oxygen atoms in total. The van der Waals surface area contributed by atoms with E-state index in [1.165, 1.54) is 0 Å². The van der Waals surface area contributed by atoms with Gasteiger partial charge in [0.1, 0.15) is 6.61 Å². The Hall–Kier alpha value is -2.53. The van der Waals surface area contributed by atoms with E-state index in [0.29, 0.717) is 10.6 Å². The molecule has 1 atom stereocenters. The number of benzene rings is 2. The lowest BCUT2D eigenvalue weighted by atomic mass is 10.0. The first-order chi connectivity index (χ1) is 11.1. The van der Waals surface area contributed by atoms with E-state index in [2.05, 4.69) is 5.32 Å². The van der Waals surface area contributed by atoms with Crippen molar-refractivity contribution in [2.24, 2.45) is 0 Å². The highest BCUT2D eigenvalue weighted by Gasteiger charge is 2.20. The van der Waals surface area contributed by atoms with Crippen LogP contribution in [0.25, 0.3) is 0 Å². The van der Waals surface area contributed by atoms with Crippen LogP contribution in [0.3, 0.4) is 0 Å². The van der Waals surface area contributed by atoms with Gasteiger partial charge in [0.2, 0.25) is 0 Å². The van der Waals surface area contributed by atoms with Gasteiger partial charge in [0.15, 0.2) is 0 Å². The van der Waals surface area contributed by atoms with Gasteiger partial charge in [-0.25, -0.2) is 4.79 Å². The van der Waals surface area contributed by atoms with Gasteiger partial charge in [-0.2, -0.15) is 0 Å². The van der Waals surface area contributed by atoms with E-state index in [4.69, 9.17) is 21.4 Å². The average molecular weight is 334 g/mol. The van der Waals surface area contributed by atoms with E-state index in [0.717, 1.165) is 5.56 Å². The molecule has 0 aromatic heterocycles. The Morgan fingerprint density at radius 1 is 1.09 bits per heavy atom. The van der Waals surface area contributed by atoms with E-state index < -0.39 is 18.1 Å². The lowest BCUT2D eigenvalue weighted by molar-refractivity contribution is -0.137. The summed E-state index contributed by atoms with van der Waals surface area (Å²) in [6.07, 6.45) is -0.982. The first-order valence-corrected chi connectivity index (χ1v) is 7.37. The predicted octanol–water partition coefficient (Wildman–Crippen LogP) is 3.78. The molecule has 2 aromatic carbocycles. The number of aliphatic carboxylic acids is 1. The smallest absolute Gasteiger partial charge is 0.407 e. The largest absolute Gasteiger partial charge is 0.481 e. The van der Waals surface area contributed by atoms with Gasteiger partial charge in [0.25, 0.3) is 0 Å². The van der Waals surface area contributed by atoms with Gasteiger partial charge in [-0.1, -0.05) is 60.1 Å². The highest BCUT2D eigenvalue weighted by Crippen LogP contribution is 2.25. The summed E-state index contributed by atoms with van der Waals surface area (Å²) in [6.45, 7) is 0.106. The number of carbonyl (C=O) groups is 2. The van der Waals surface area contributed by atoms with Crippen LogP contribution in [-0.2, 0) is 16.1 Å². The molecular weight excluding hydrogens is 318 g/mol. The summed E-state index contributed by atoms with van der Waals surface area (Å²) in [6, 6.07) is 15.2. The van der Waals surface area contributed by atoms with Crippen molar-refractivity contribution in [1.29, 1.82) is 0 Å². The lowest BCUT2D eigenvalue weighted by Crippen LogP contribution is -2.30. The number of hydrogen-bond acceptors (Lipinski definition) is 3. The molecule has 0 saturated carbocycles. The quantitative estimate of drug-likeness (QED) is 0.843. The zero-order chi connectivity index (χ0) is 16.7. The summed E-state index contributed by atoms with van der Waals surface area (Å²) in [7, 11) is 0. The van der Waals surface area contributed by atoms with E-state index in [1.54, 1.807) is 24.3 Å². The maximum absolute atomic E-state index is 11.9. The Bertz CT molecular complexity index is 675. The topological polar surface area (TPSA) is 75.6 Å². The van der Waals surface area contributed by atoms with Crippen LogP contribution in [0.2, 0.25) is 5.02 Å². The molecule has 0 aliphatic rings. The standard InChI is InChI=1S/C17H16ClNO4/c18-14-9-5-4-8-13(14)15(10-16(20)21)19-17(22)23-11-12-6-2-1-3-7-12/h1-9,15H,10-11H2,(H,19,22)(H,20,21)/t15-/m0/s1. The minimum absolute atomic E-state index is 0.106. The Kier molecular flexibility index (Phi) is 6.00. The Morgan fingerprint density at radius 3 is 2.39 bits per heavy atom. The normalized spacial score (nSPS) is 11.5. The number of hydrogen-bond donors (Lipinski definition) is 2. The number of carboxylic acid groups (broad SMARTS) is 1. The number of carboxylic acids is 1. The lowest BCUT2D eigenvalue weighted by Gasteiger charge is -2.18.